The molecule has 0 rings (SSSR count). The molecule has 0 aliphatic rings. The van der Waals surface area contributed by atoms with Crippen molar-refractivity contribution in [2.75, 3.05) is 0 Å². The molecule has 0 radical (unpaired) electrons. The van der Waals surface area contributed by atoms with E-state index in [0.29, 0.717) is 0 Å². The summed E-state index contributed by atoms with van der Waals surface area (Å²) in [6, 6.07) is 0. The SMILES string of the molecule is N/N=N/N=N/N=N/N=N/N=N/N=N/N=N/N=N/N=N/N=N/N=N/N=N/N=N/N=N/N=N/N=N/N=N/N=N/N=N/N=N/N=N/N=N/N=N/N=N/N=N/N=N/N=N/N=N/N=N/N=N/N=N/N=N/N=N/N=N/N=N/N=N/N=N/N=N/N=N/N=N/N=N/N=N/N=N/N=N/N=N/N=N/N=N/N=N/N=N/N=N/N=N/N=N/N=N/N=N/N=N/N=N/N=N/N=N/N=N/N=N/N=N/N=N/N=N/N=N/N. The lowest BCUT2D eigenvalue weighted by Crippen LogP contribution is -1.70. The monoisotopic (exact) mass is 1820 g/mol. The average Bonchev–Trinajstić information content (AvgIpc) is 1.16. The molecule has 654 valence electrons. The highest BCUT2D eigenvalue weighted by molar-refractivity contribution is 4.26. The van der Waals surface area contributed by atoms with Gasteiger partial charge in [-0.1, -0.05) is 10.4 Å². The molecule has 0 heterocycles. The second-order valence-corrected chi connectivity index (χ2v) is 11.5. The van der Waals surface area contributed by atoms with E-state index < -0.39 is 0 Å². The quantitative estimate of drug-likeness (QED) is 0.0341. The van der Waals surface area contributed by atoms with Gasteiger partial charge in [-0.05, 0) is 73.1 Å². The fraction of sp³-hybridized carbons (Fsp3) is 0. The molecule has 0 aliphatic heterocycles. The third kappa shape index (κ3) is 102. The van der Waals surface area contributed by atoms with Crippen molar-refractivity contribution in [2.45, 2.75) is 0 Å². The Morgan fingerprint density at radius 1 is 0.0385 bits per heavy atom. The second-order valence-electron chi connectivity index (χ2n) is 11.5. The maximum atomic E-state index is 4.64. The van der Waals surface area contributed by atoms with E-state index in [1.807, 2.05) is 0 Å². The van der Waals surface area contributed by atoms with Gasteiger partial charge in [-0.2, -0.15) is 0 Å². The minimum absolute atomic E-state index is 2.75. The highest BCUT2D eigenvalue weighted by Crippen LogP contribution is 2.01. The summed E-state index contributed by atoms with van der Waals surface area (Å²) in [6.45, 7) is 0. The molecule has 0 saturated heterocycles. The Hall–Kier alpha value is -26.0. The summed E-state index contributed by atoms with van der Waals surface area (Å²) in [5.41, 5.74) is 0. The number of hydrogen-bond acceptors (Lipinski definition) is 2. The molecule has 0 aromatic carbocycles. The summed E-state index contributed by atoms with van der Waals surface area (Å²) < 4.78 is 0. The molecule has 0 saturated carbocycles. The Labute approximate surface area is 680 Å². The van der Waals surface area contributed by atoms with Crippen molar-refractivity contribution in [3.05, 3.63) is 0 Å². The van der Waals surface area contributed by atoms with Crippen LogP contribution in [0.25, 0.3) is 0 Å². The molecule has 130 heavy (non-hydrogen) atoms. The molecule has 0 aliphatic carbocycles. The van der Waals surface area contributed by atoms with Crippen LogP contribution in [0.15, 0.2) is 669 Å². The fourth-order valence-electron chi connectivity index (χ4n) is 2.26. The Morgan fingerprint density at radius 3 is 0.0846 bits per heavy atom. The predicted molar refractivity (Wildman–Crippen MR) is 319 cm³/mol. The molecular formula is H4N130. The van der Waals surface area contributed by atoms with Crippen molar-refractivity contribution in [1.29, 1.82) is 0 Å². The second kappa shape index (κ2) is 103. The Morgan fingerprint density at radius 2 is 0.0615 bits per heavy atom. The average molecular weight is 1820 g/mol. The van der Waals surface area contributed by atoms with E-state index in [9.17, 15) is 0 Å². The van der Waals surface area contributed by atoms with E-state index >= 15 is 0 Å². The first-order valence-electron chi connectivity index (χ1n) is 25.9. The van der Waals surface area contributed by atoms with E-state index in [-0.39, 0.29) is 0 Å². The van der Waals surface area contributed by atoms with E-state index in [1.54, 1.807) is 0 Å². The molecule has 0 atom stereocenters. The molecule has 0 unspecified atom stereocenters. The molecule has 0 aromatic rings. The van der Waals surface area contributed by atoms with Gasteiger partial charge in [-0.3, -0.25) is 0 Å². The van der Waals surface area contributed by atoms with Gasteiger partial charge in [0.25, 0.3) is 0 Å². The molecule has 4 N–H and O–H groups in total. The normalized spacial score (nSPS) is 15.8. The minimum Gasteiger partial charge on any atom is -0.303 e. The number of nitrogens with zero attached hydrogens (tertiary/aromatic N) is 128. The summed E-state index contributed by atoms with van der Waals surface area (Å²) in [6.07, 6.45) is 0. The van der Waals surface area contributed by atoms with Crippen LogP contribution in [0.3, 0.4) is 0 Å². The smallest absolute Gasteiger partial charge is 0 e. The van der Waals surface area contributed by atoms with Crippen molar-refractivity contribution in [3.63, 3.8) is 0 Å². The van der Waals surface area contributed by atoms with Gasteiger partial charge < -0.3 is 11.7 Å². The van der Waals surface area contributed by atoms with Crippen LogP contribution >= 0.6 is 0 Å². The largest absolute Gasteiger partial charge is 0.303 e. The third-order valence-corrected chi connectivity index (χ3v) is 5.10. The van der Waals surface area contributed by atoms with Crippen LogP contribution in [0, 0.1) is 0 Å². The topological polar surface area (TPSA) is 1630 Å². The maximum Gasteiger partial charge on any atom is 0 e. The molecule has 0 aromatic heterocycles. The van der Waals surface area contributed by atoms with Crippen LogP contribution in [0.2, 0.25) is 0 Å². The zero-order valence-corrected chi connectivity index (χ0v) is 58.4. The maximum absolute atomic E-state index is 4.64. The Bertz CT molecular complexity index is 4470. The van der Waals surface area contributed by atoms with Crippen LogP contribution in [-0.2, 0) is 0 Å². The summed E-state index contributed by atoms with van der Waals surface area (Å²) in [4.78, 5) is 0. The van der Waals surface area contributed by atoms with E-state index in [4.69, 9.17) is 0 Å². The van der Waals surface area contributed by atoms with E-state index in [1.165, 1.54) is 0 Å². The number of rotatable bonds is 63. The first-order valence-corrected chi connectivity index (χ1v) is 25.9. The van der Waals surface area contributed by atoms with Crippen LogP contribution in [0.4, 0.5) is 0 Å². The zero-order chi connectivity index (χ0) is 92.5. The lowest BCUT2D eigenvalue weighted by atomic mass is 12.3. The van der Waals surface area contributed by atoms with Crippen molar-refractivity contribution >= 4 is 0 Å². The Balaban J connectivity index is 4.14. The highest BCUT2D eigenvalue weighted by Gasteiger charge is 1.83. The van der Waals surface area contributed by atoms with E-state index in [2.05, 4.69) is 680 Å². The van der Waals surface area contributed by atoms with Gasteiger partial charge in [0.15, 0.2) is 0 Å². The molecule has 0 fully saturated rings. The van der Waals surface area contributed by atoms with Crippen molar-refractivity contribution in [1.82, 2.24) is 0 Å². The third-order valence-electron chi connectivity index (χ3n) is 5.10. The Kier molecular flexibility index (Phi) is 82.4. The molecule has 130 nitrogen and oxygen atoms in total. The fourth-order valence-corrected chi connectivity index (χ4v) is 2.26. The van der Waals surface area contributed by atoms with Crippen LogP contribution in [0.1, 0.15) is 0 Å². The minimum atomic E-state index is 2.75. The first-order chi connectivity index (χ1) is 64.9. The van der Waals surface area contributed by atoms with Gasteiger partial charge in [0.05, 0.1) is 0 Å². The molecule has 0 bridgehead atoms. The van der Waals surface area contributed by atoms with Crippen LogP contribution < -0.4 is 11.7 Å². The predicted octanol–water partition coefficient (Wildman–Crippen LogP) is 22.3. The summed E-state index contributed by atoms with van der Waals surface area (Å²) in [5.74, 6) is 9.27. The summed E-state index contributed by atoms with van der Waals surface area (Å²) in [7, 11) is 0. The van der Waals surface area contributed by atoms with Gasteiger partial charge in [0.2, 0.25) is 0 Å². The number of nitrogens with two attached hydrogens (primary N) is 2. The highest BCUT2D eigenvalue weighted by atomic mass is 15.8. The first kappa shape index (κ1) is 104. The van der Waals surface area contributed by atoms with Gasteiger partial charge >= 0.3 is 0 Å². The van der Waals surface area contributed by atoms with Crippen molar-refractivity contribution < 1.29 is 0 Å². The van der Waals surface area contributed by atoms with Gasteiger partial charge in [-0.25, -0.2) is 0 Å². The molecule has 0 spiro atoms. The van der Waals surface area contributed by atoms with Crippen LogP contribution in [-0.4, -0.2) is 0 Å². The van der Waals surface area contributed by atoms with Gasteiger partial charge in [-0.15, -0.1) is 0 Å². The van der Waals surface area contributed by atoms with Gasteiger partial charge in [0, 0.05) is 585 Å². The lowest BCUT2D eigenvalue weighted by Gasteiger charge is -1.71. The summed E-state index contributed by atoms with van der Waals surface area (Å²) >= 11 is 0. The van der Waals surface area contributed by atoms with Gasteiger partial charge in [0.1, 0.15) is 0 Å². The summed E-state index contributed by atoms with van der Waals surface area (Å²) in [5, 5.41) is 383. The molecule has 130 heteroatoms. The van der Waals surface area contributed by atoms with Crippen molar-refractivity contribution in [3.8, 4) is 0 Å². The number of hydrogen-bond donors (Lipinski definition) is 2. The van der Waals surface area contributed by atoms with E-state index in [0.717, 1.165) is 0 Å². The van der Waals surface area contributed by atoms with Crippen molar-refractivity contribution in [2.24, 2.45) is 680 Å². The standard InChI is InChI=1S/H4N130/c1-3-5-7-9-11-13-15-17-19-21-23-25-27-29-31-33-35-37-39-41-43-45-47-49-51-53-55-57-59-61-63-65-67-69-71-73-75-77-79-81-83-85-87-89-91-93-95-97-99-101-103-105-107-109-111-113-115-117-119-121-123-125-127-129-130-128-126-124-122-120-118-116-114-112-110-108-106-104-102-100-98-96-94-92-90-88-86-84-82-80-78-76-74-72-70-68-66-64-62-60-58-56-54-52-50-48-46-44-42-40-38-36-34-32-30-28-26-24-22-20-18-16-14-12-10-8-6-4-2/h(H2,1,4,5,8,9,12,13,16,17,20,21,24,25,28,29,32,33,36,37,40,41,44,45,48,49,52,53,56,57,60,61,64,65,68,69,72,73,76,77,80,81,84,85,88,89,92,93,96,97,100,101,104,105,108,109,112,113,116,117,120,121,124,125,128,129)(H2,2,3,6,7,10,11,14,15,18,19,22,23,26,27,30,31,34,35,38,39,42,43,46,47,50,51,54,55,58,59,62,63,66,67,70,71,74,75,78,79,82,83,86,87,90,91,94,95,98,99,102,103,106,107,110,111,114,115,118,119,122,123,126,127,130). The van der Waals surface area contributed by atoms with Crippen LogP contribution in [0.5, 0.6) is 0 Å². The zero-order valence-electron chi connectivity index (χ0n) is 58.4. The lowest BCUT2D eigenvalue weighted by molar-refractivity contribution is 0.722. The molecule has 0 amide bonds. The molecular weight excluding hydrogens is 1820 g/mol.